The first-order chi connectivity index (χ1) is 14.0. The van der Waals surface area contributed by atoms with Gasteiger partial charge < -0.3 is 9.84 Å². The molecule has 3 heterocycles. The molecule has 0 radical (unpaired) electrons. The summed E-state index contributed by atoms with van der Waals surface area (Å²) in [4.78, 5) is 14.7. The van der Waals surface area contributed by atoms with Crippen LogP contribution in [0.3, 0.4) is 0 Å². The van der Waals surface area contributed by atoms with Crippen LogP contribution in [-0.4, -0.2) is 44.1 Å². The Balaban J connectivity index is 1.48. The van der Waals surface area contributed by atoms with Crippen LogP contribution in [0.1, 0.15) is 50.3 Å². The van der Waals surface area contributed by atoms with Gasteiger partial charge in [0.25, 0.3) is 5.56 Å². The Hall–Kier alpha value is -2.18. The third-order valence-electron chi connectivity index (χ3n) is 6.29. The molecule has 2 unspecified atom stereocenters. The number of hydrogen-bond acceptors (Lipinski definition) is 5. The summed E-state index contributed by atoms with van der Waals surface area (Å²) < 4.78 is 6.98. The average molecular weight is 398 g/mol. The fraction of sp³-hybridized carbons (Fsp3) is 0.565. The van der Waals surface area contributed by atoms with E-state index in [9.17, 15) is 9.90 Å². The molecule has 2 atom stereocenters. The topological polar surface area (TPSA) is 67.6 Å². The number of aromatic nitrogens is 2. The first-order valence-corrected chi connectivity index (χ1v) is 10.7. The van der Waals surface area contributed by atoms with Gasteiger partial charge in [0.2, 0.25) is 0 Å². The van der Waals surface area contributed by atoms with Gasteiger partial charge in [-0.15, -0.1) is 0 Å². The van der Waals surface area contributed by atoms with Crippen LogP contribution in [0.4, 0.5) is 0 Å². The second kappa shape index (κ2) is 8.28. The molecule has 2 bridgehead atoms. The van der Waals surface area contributed by atoms with Crippen LogP contribution < -0.4 is 10.3 Å². The van der Waals surface area contributed by atoms with Crippen molar-refractivity contribution in [1.29, 1.82) is 0 Å². The van der Waals surface area contributed by atoms with Crippen LogP contribution in [0.5, 0.6) is 5.75 Å². The Bertz CT molecular complexity index is 879. The summed E-state index contributed by atoms with van der Waals surface area (Å²) in [6, 6.07) is 12.3. The van der Waals surface area contributed by atoms with Gasteiger partial charge in [-0.2, -0.15) is 5.10 Å². The molecule has 156 valence electrons. The van der Waals surface area contributed by atoms with E-state index in [1.807, 2.05) is 26.0 Å². The quantitative estimate of drug-likeness (QED) is 0.812. The van der Waals surface area contributed by atoms with Crippen molar-refractivity contribution < 1.29 is 9.84 Å². The first-order valence-electron chi connectivity index (χ1n) is 10.7. The number of nitrogens with zero attached hydrogens (tertiary/aromatic N) is 3. The van der Waals surface area contributed by atoms with E-state index >= 15 is 0 Å². The zero-order chi connectivity index (χ0) is 20.4. The molecule has 6 nitrogen and oxygen atoms in total. The number of hydrogen-bond donors (Lipinski definition) is 1. The van der Waals surface area contributed by atoms with Crippen molar-refractivity contribution in [3.8, 4) is 5.75 Å². The fourth-order valence-corrected chi connectivity index (χ4v) is 5.02. The minimum Gasteiger partial charge on any atom is -0.494 e. The van der Waals surface area contributed by atoms with Crippen molar-refractivity contribution in [3.05, 3.63) is 58.0 Å². The lowest BCUT2D eigenvalue weighted by Gasteiger charge is -2.52. The Kier molecular flexibility index (Phi) is 5.74. The molecule has 2 saturated heterocycles. The molecule has 1 aromatic carbocycles. The van der Waals surface area contributed by atoms with Crippen LogP contribution >= 0.6 is 0 Å². The maximum atomic E-state index is 12.2. The lowest BCUT2D eigenvalue weighted by molar-refractivity contribution is -0.105. The minimum absolute atomic E-state index is 0.147. The molecule has 2 aromatic rings. The summed E-state index contributed by atoms with van der Waals surface area (Å²) in [5.41, 5.74) is 1.04. The molecule has 6 heteroatoms. The minimum atomic E-state index is -0.879. The molecule has 0 aliphatic carbocycles. The third kappa shape index (κ3) is 4.54. The Morgan fingerprint density at radius 1 is 1.14 bits per heavy atom. The first kappa shape index (κ1) is 20.1. The zero-order valence-corrected chi connectivity index (χ0v) is 17.4. The highest BCUT2D eigenvalue weighted by Gasteiger charge is 2.45. The number of piperidine rings is 2. The molecule has 29 heavy (non-hydrogen) atoms. The van der Waals surface area contributed by atoms with Gasteiger partial charge in [0.15, 0.2) is 0 Å². The van der Waals surface area contributed by atoms with E-state index in [2.05, 4.69) is 22.1 Å². The SMILES string of the molecule is CCOc1ccc(CN2C3CCCC2CC(O)(Cn2nc(C)ccc2=O)C3)cc1. The molecule has 2 fully saturated rings. The van der Waals surface area contributed by atoms with Crippen LogP contribution in [0.15, 0.2) is 41.2 Å². The van der Waals surface area contributed by atoms with Crippen LogP contribution in [0, 0.1) is 6.92 Å². The van der Waals surface area contributed by atoms with Gasteiger partial charge in [0.1, 0.15) is 5.75 Å². The molecule has 0 amide bonds. The summed E-state index contributed by atoms with van der Waals surface area (Å²) in [6.45, 7) is 5.70. The molecule has 1 aromatic heterocycles. The van der Waals surface area contributed by atoms with Crippen molar-refractivity contribution in [2.75, 3.05) is 6.61 Å². The average Bonchev–Trinajstić information content (AvgIpc) is 2.67. The number of benzene rings is 1. The van der Waals surface area contributed by atoms with Crippen molar-refractivity contribution >= 4 is 0 Å². The van der Waals surface area contributed by atoms with Crippen LogP contribution in [0.2, 0.25) is 0 Å². The standard InChI is InChI=1S/C23H31N3O3/c1-3-29-21-10-8-18(9-11-21)15-25-19-5-4-6-20(25)14-23(28,13-19)16-26-22(27)12-7-17(2)24-26/h7-12,19-20,28H,3-6,13-16H2,1-2H3. The number of fused-ring (bicyclic) bond motifs is 2. The summed E-state index contributed by atoms with van der Waals surface area (Å²) >= 11 is 0. The van der Waals surface area contributed by atoms with E-state index in [4.69, 9.17) is 4.74 Å². The predicted molar refractivity (Wildman–Crippen MR) is 112 cm³/mol. The number of aryl methyl sites for hydroxylation is 1. The lowest BCUT2D eigenvalue weighted by atomic mass is 9.75. The maximum absolute atomic E-state index is 12.2. The van der Waals surface area contributed by atoms with Gasteiger partial charge in [-0.3, -0.25) is 9.69 Å². The fourth-order valence-electron chi connectivity index (χ4n) is 5.02. The predicted octanol–water partition coefficient (Wildman–Crippen LogP) is 2.90. The van der Waals surface area contributed by atoms with E-state index in [1.165, 1.54) is 22.7 Å². The normalized spacial score (nSPS) is 27.0. The van der Waals surface area contributed by atoms with Crippen molar-refractivity contribution in [1.82, 2.24) is 14.7 Å². The van der Waals surface area contributed by atoms with Crippen LogP contribution in [-0.2, 0) is 13.1 Å². The monoisotopic (exact) mass is 397 g/mol. The highest BCUT2D eigenvalue weighted by atomic mass is 16.5. The molecular formula is C23H31N3O3. The number of rotatable bonds is 6. The van der Waals surface area contributed by atoms with Crippen LogP contribution in [0.25, 0.3) is 0 Å². The molecular weight excluding hydrogens is 366 g/mol. The third-order valence-corrected chi connectivity index (χ3v) is 6.29. The molecule has 2 aliphatic rings. The van der Waals surface area contributed by atoms with Gasteiger partial charge in [-0.25, -0.2) is 4.68 Å². The van der Waals surface area contributed by atoms with E-state index < -0.39 is 5.60 Å². The van der Waals surface area contributed by atoms with E-state index in [0.29, 0.717) is 31.5 Å². The van der Waals surface area contributed by atoms with Gasteiger partial charge in [-0.05, 0) is 63.3 Å². The van der Waals surface area contributed by atoms with Gasteiger partial charge in [-0.1, -0.05) is 18.6 Å². The second-order valence-electron chi connectivity index (χ2n) is 8.59. The summed E-state index contributed by atoms with van der Waals surface area (Å²) in [6.07, 6.45) is 4.75. The summed E-state index contributed by atoms with van der Waals surface area (Å²) in [5, 5.41) is 15.7. The number of aliphatic hydroxyl groups is 1. The zero-order valence-electron chi connectivity index (χ0n) is 17.4. The van der Waals surface area contributed by atoms with Gasteiger partial charge >= 0.3 is 0 Å². The lowest BCUT2D eigenvalue weighted by Crippen LogP contribution is -2.59. The summed E-state index contributed by atoms with van der Waals surface area (Å²) in [7, 11) is 0. The van der Waals surface area contributed by atoms with E-state index in [1.54, 1.807) is 6.07 Å². The highest BCUT2D eigenvalue weighted by Crippen LogP contribution is 2.40. The van der Waals surface area contributed by atoms with Crippen molar-refractivity contribution in [2.45, 2.75) is 76.7 Å². The Morgan fingerprint density at radius 2 is 1.83 bits per heavy atom. The Morgan fingerprint density at radius 3 is 2.48 bits per heavy atom. The Labute approximate surface area is 172 Å². The molecule has 2 aliphatic heterocycles. The van der Waals surface area contributed by atoms with Crippen molar-refractivity contribution in [3.63, 3.8) is 0 Å². The summed E-state index contributed by atoms with van der Waals surface area (Å²) in [5.74, 6) is 0.903. The smallest absolute Gasteiger partial charge is 0.266 e. The highest BCUT2D eigenvalue weighted by molar-refractivity contribution is 5.27. The molecule has 4 rings (SSSR count). The molecule has 0 spiro atoms. The number of ether oxygens (including phenoxy) is 1. The maximum Gasteiger partial charge on any atom is 0.266 e. The molecule has 0 saturated carbocycles. The van der Waals surface area contributed by atoms with Gasteiger partial charge in [0, 0.05) is 24.7 Å². The second-order valence-corrected chi connectivity index (χ2v) is 8.59. The molecule has 1 N–H and O–H groups in total. The van der Waals surface area contributed by atoms with Gasteiger partial charge in [0.05, 0.1) is 24.4 Å². The van der Waals surface area contributed by atoms with E-state index in [-0.39, 0.29) is 12.1 Å². The largest absolute Gasteiger partial charge is 0.494 e. The van der Waals surface area contributed by atoms with E-state index in [0.717, 1.165) is 30.8 Å². The van der Waals surface area contributed by atoms with Crippen molar-refractivity contribution in [2.24, 2.45) is 0 Å².